The molecule has 2 heterocycles. The summed E-state index contributed by atoms with van der Waals surface area (Å²) in [6.07, 6.45) is 20.5. The Hall–Kier alpha value is -5.33. The zero-order valence-electron chi connectivity index (χ0n) is 33.8. The molecule has 13 nitrogen and oxygen atoms in total. The zero-order chi connectivity index (χ0) is 40.8. The quantitative estimate of drug-likeness (QED) is 0.0198. The number of H-pyrrole nitrogens is 2. The zero-order valence-corrected chi connectivity index (χ0v) is 33.8. The minimum atomic E-state index is -1.10. The van der Waals surface area contributed by atoms with E-state index in [0.717, 1.165) is 58.6 Å². The maximum absolute atomic E-state index is 14.1. The molecule has 0 aliphatic rings. The summed E-state index contributed by atoms with van der Waals surface area (Å²) >= 11 is 0. The van der Waals surface area contributed by atoms with Crippen molar-refractivity contribution in [2.75, 3.05) is 6.54 Å². The topological polar surface area (TPSA) is 226 Å². The first-order chi connectivity index (χ1) is 27.7. The van der Waals surface area contributed by atoms with E-state index < -0.39 is 35.8 Å². The van der Waals surface area contributed by atoms with Crippen molar-refractivity contribution >= 4 is 51.4 Å². The fourth-order valence-electron chi connectivity index (χ4n) is 7.36. The number of nitrogens with zero attached hydrogens (tertiary/aromatic N) is 1. The van der Waals surface area contributed by atoms with Crippen molar-refractivity contribution in [3.8, 4) is 0 Å². The number of aromatic nitrogens is 2. The van der Waals surface area contributed by atoms with Gasteiger partial charge in [0.25, 0.3) is 0 Å². The SMILES string of the molecule is CCCCCCCCCCCCCCCC(=O)N[C@@H](CCCN=C(N)N)C(=O)N[C@@H](Cc1c[nH]c2ccccc12)C(=O)N[C@@H](Cc1c[nH]c2ccccc12)C(N)=O. The maximum atomic E-state index is 14.1. The van der Waals surface area contributed by atoms with Crippen LogP contribution in [0.25, 0.3) is 21.8 Å². The van der Waals surface area contributed by atoms with Gasteiger partial charge in [-0.15, -0.1) is 0 Å². The number of nitrogens with one attached hydrogen (secondary N) is 5. The van der Waals surface area contributed by atoms with Gasteiger partial charge in [-0.05, 0) is 42.5 Å². The van der Waals surface area contributed by atoms with E-state index in [9.17, 15) is 19.2 Å². The monoisotopic (exact) mass is 784 g/mol. The first-order valence-electron chi connectivity index (χ1n) is 21.0. The van der Waals surface area contributed by atoms with Crippen LogP contribution in [0.15, 0.2) is 65.9 Å². The summed E-state index contributed by atoms with van der Waals surface area (Å²) in [5.74, 6) is -2.09. The molecule has 0 saturated heterocycles. The standard InChI is InChI=1S/C44H65N9O4/c1-2-3-4-5-6-7-8-9-10-11-12-13-14-25-40(54)51-37(24-19-26-48-44(46)47)42(56)53-39(28-32-30-50-36-23-18-16-21-34(32)36)43(57)52-38(41(45)55)27-31-29-49-35-22-17-15-20-33(31)35/h15-18,20-23,29-30,37-39,49-50H,2-14,19,24-28H2,1H3,(H2,45,55)(H,51,54)(H,52,57)(H,53,56)(H4,46,47,48)/t37-,38-,39-/m0/s1. The van der Waals surface area contributed by atoms with Gasteiger partial charge in [0.05, 0.1) is 0 Å². The van der Waals surface area contributed by atoms with Crippen LogP contribution in [0.3, 0.4) is 0 Å². The van der Waals surface area contributed by atoms with Crippen LogP contribution in [0, 0.1) is 0 Å². The van der Waals surface area contributed by atoms with E-state index in [2.05, 4.69) is 37.8 Å². The highest BCUT2D eigenvalue weighted by molar-refractivity contribution is 5.95. The molecule has 0 aliphatic heterocycles. The number of primary amides is 1. The van der Waals surface area contributed by atoms with Crippen molar-refractivity contribution in [2.24, 2.45) is 22.2 Å². The van der Waals surface area contributed by atoms with Crippen molar-refractivity contribution < 1.29 is 19.2 Å². The molecule has 0 spiro atoms. The van der Waals surface area contributed by atoms with Gasteiger partial charge in [0, 0.05) is 60.0 Å². The van der Waals surface area contributed by atoms with Crippen LogP contribution >= 0.6 is 0 Å². The number of benzene rings is 2. The number of hydrogen-bond acceptors (Lipinski definition) is 5. The van der Waals surface area contributed by atoms with Crippen molar-refractivity contribution in [1.29, 1.82) is 0 Å². The Morgan fingerprint density at radius 2 is 1.07 bits per heavy atom. The lowest BCUT2D eigenvalue weighted by Crippen LogP contribution is -2.57. The third-order valence-electron chi connectivity index (χ3n) is 10.6. The number of rotatable bonds is 28. The lowest BCUT2D eigenvalue weighted by atomic mass is 10.0. The number of para-hydroxylation sites is 2. The number of carbonyl (C=O) groups is 4. The summed E-state index contributed by atoms with van der Waals surface area (Å²) in [4.78, 5) is 64.5. The van der Waals surface area contributed by atoms with Crippen LogP contribution < -0.4 is 33.2 Å². The molecule has 310 valence electrons. The van der Waals surface area contributed by atoms with Gasteiger partial charge in [-0.2, -0.15) is 0 Å². The number of fused-ring (bicyclic) bond motifs is 2. The molecule has 4 amide bonds. The van der Waals surface area contributed by atoms with Gasteiger partial charge in [-0.1, -0.05) is 120 Å². The molecule has 2 aromatic carbocycles. The average molecular weight is 784 g/mol. The fourth-order valence-corrected chi connectivity index (χ4v) is 7.36. The molecule has 11 N–H and O–H groups in total. The number of amides is 4. The second kappa shape index (κ2) is 24.3. The highest BCUT2D eigenvalue weighted by atomic mass is 16.2. The van der Waals surface area contributed by atoms with Crippen LogP contribution in [0.4, 0.5) is 0 Å². The molecule has 57 heavy (non-hydrogen) atoms. The Balaban J connectivity index is 1.38. The molecule has 3 atom stereocenters. The van der Waals surface area contributed by atoms with Gasteiger partial charge in [-0.3, -0.25) is 24.2 Å². The molecule has 0 radical (unpaired) electrons. The highest BCUT2D eigenvalue weighted by Gasteiger charge is 2.30. The second-order valence-corrected chi connectivity index (χ2v) is 15.2. The van der Waals surface area contributed by atoms with Crippen LogP contribution in [0.1, 0.15) is 121 Å². The summed E-state index contributed by atoms with van der Waals surface area (Å²) in [6.45, 7) is 2.52. The molecule has 0 saturated carbocycles. The van der Waals surface area contributed by atoms with Crippen LogP contribution in [-0.4, -0.2) is 64.2 Å². The third kappa shape index (κ3) is 15.3. The van der Waals surface area contributed by atoms with E-state index in [4.69, 9.17) is 17.2 Å². The first-order valence-corrected chi connectivity index (χ1v) is 21.0. The molecule has 13 heteroatoms. The Kier molecular flexibility index (Phi) is 19.0. The molecular weight excluding hydrogens is 719 g/mol. The molecule has 0 aliphatic carbocycles. The van der Waals surface area contributed by atoms with E-state index in [-0.39, 0.29) is 37.7 Å². The van der Waals surface area contributed by atoms with Crippen molar-refractivity contribution in [1.82, 2.24) is 25.9 Å². The van der Waals surface area contributed by atoms with Gasteiger partial charge in [0.15, 0.2) is 5.96 Å². The second-order valence-electron chi connectivity index (χ2n) is 15.2. The lowest BCUT2D eigenvalue weighted by molar-refractivity contribution is -0.133. The first kappa shape index (κ1) is 44.4. The number of guanidine groups is 1. The summed E-state index contributed by atoms with van der Waals surface area (Å²) in [5, 5.41) is 10.4. The fraction of sp³-hybridized carbons (Fsp3) is 0.523. The normalized spacial score (nSPS) is 12.9. The average Bonchev–Trinajstić information content (AvgIpc) is 3.80. The van der Waals surface area contributed by atoms with E-state index in [1.807, 2.05) is 48.5 Å². The van der Waals surface area contributed by atoms with Gasteiger partial charge >= 0.3 is 0 Å². The minimum Gasteiger partial charge on any atom is -0.370 e. The van der Waals surface area contributed by atoms with Crippen LogP contribution in [0.2, 0.25) is 0 Å². The minimum absolute atomic E-state index is 0.0606. The lowest BCUT2D eigenvalue weighted by Gasteiger charge is -2.25. The van der Waals surface area contributed by atoms with Gasteiger partial charge < -0.3 is 43.1 Å². The smallest absolute Gasteiger partial charge is 0.243 e. The summed E-state index contributed by atoms with van der Waals surface area (Å²) < 4.78 is 0. The van der Waals surface area contributed by atoms with E-state index in [1.165, 1.54) is 57.8 Å². The van der Waals surface area contributed by atoms with Crippen LogP contribution in [0.5, 0.6) is 0 Å². The molecule has 0 fully saturated rings. The third-order valence-corrected chi connectivity index (χ3v) is 10.6. The Labute approximate surface area is 337 Å². The number of aromatic amines is 2. The Morgan fingerprint density at radius 3 is 1.60 bits per heavy atom. The van der Waals surface area contributed by atoms with E-state index in [0.29, 0.717) is 12.8 Å². The molecule has 4 rings (SSSR count). The Morgan fingerprint density at radius 1 is 0.596 bits per heavy atom. The number of nitrogens with two attached hydrogens (primary N) is 3. The van der Waals surface area contributed by atoms with Gasteiger partial charge in [-0.25, -0.2) is 0 Å². The summed E-state index contributed by atoms with van der Waals surface area (Å²) in [7, 11) is 0. The molecule has 4 aromatic rings. The van der Waals surface area contributed by atoms with E-state index >= 15 is 0 Å². The number of carbonyl (C=O) groups excluding carboxylic acids is 4. The predicted molar refractivity (Wildman–Crippen MR) is 229 cm³/mol. The van der Waals surface area contributed by atoms with Gasteiger partial charge in [0.2, 0.25) is 23.6 Å². The largest absolute Gasteiger partial charge is 0.370 e. The van der Waals surface area contributed by atoms with E-state index in [1.54, 1.807) is 12.4 Å². The Bertz CT molecular complexity index is 1880. The predicted octanol–water partition coefficient (Wildman–Crippen LogP) is 5.91. The summed E-state index contributed by atoms with van der Waals surface area (Å²) in [6, 6.07) is 12.2. The van der Waals surface area contributed by atoms with Crippen molar-refractivity contribution in [3.05, 3.63) is 72.1 Å². The van der Waals surface area contributed by atoms with Crippen molar-refractivity contribution in [2.45, 2.75) is 141 Å². The van der Waals surface area contributed by atoms with Crippen LogP contribution in [-0.2, 0) is 32.0 Å². The highest BCUT2D eigenvalue weighted by Crippen LogP contribution is 2.21. The molecular formula is C44H65N9O4. The van der Waals surface area contributed by atoms with Crippen molar-refractivity contribution in [3.63, 3.8) is 0 Å². The number of hydrogen-bond donors (Lipinski definition) is 8. The molecule has 2 aromatic heterocycles. The number of unbranched alkanes of at least 4 members (excludes halogenated alkanes) is 12. The van der Waals surface area contributed by atoms with Gasteiger partial charge in [0.1, 0.15) is 18.1 Å². The molecule has 0 unspecified atom stereocenters. The number of aliphatic imine (C=N–C) groups is 1. The summed E-state index contributed by atoms with van der Waals surface area (Å²) in [5.41, 5.74) is 20.3. The molecule has 0 bridgehead atoms. The maximum Gasteiger partial charge on any atom is 0.243 e.